The average Bonchev–Trinajstić information content (AvgIpc) is 2.97. The molecule has 0 radical (unpaired) electrons. The molecule has 0 spiro atoms. The Kier molecular flexibility index (Phi) is 4.22. The van der Waals surface area contributed by atoms with E-state index in [9.17, 15) is 9.59 Å². The lowest BCUT2D eigenvalue weighted by Crippen LogP contribution is -2.41. The van der Waals surface area contributed by atoms with E-state index in [0.29, 0.717) is 14.9 Å². The summed E-state index contributed by atoms with van der Waals surface area (Å²) >= 11 is 4.68. The summed E-state index contributed by atoms with van der Waals surface area (Å²) in [5.74, 6) is -0.705. The van der Waals surface area contributed by atoms with E-state index in [4.69, 9.17) is 0 Å². The molecule has 1 heterocycles. The van der Waals surface area contributed by atoms with Crippen LogP contribution < -0.4 is 10.9 Å². The lowest BCUT2D eigenvalue weighted by molar-refractivity contribution is 0.0848. The molecule has 22 heavy (non-hydrogen) atoms. The lowest BCUT2D eigenvalue weighted by atomic mass is 10.2. The van der Waals surface area contributed by atoms with Crippen LogP contribution in [0.5, 0.6) is 0 Å². The third kappa shape index (κ3) is 3.03. The van der Waals surface area contributed by atoms with Crippen LogP contribution in [0.1, 0.15) is 20.0 Å². The van der Waals surface area contributed by atoms with E-state index in [-0.39, 0.29) is 11.8 Å². The second kappa shape index (κ2) is 6.29. The molecule has 0 bridgehead atoms. The second-order valence-electron chi connectivity index (χ2n) is 4.54. The van der Waals surface area contributed by atoms with Crippen LogP contribution in [0.3, 0.4) is 0 Å². The number of nitrogens with one attached hydrogen (secondary N) is 2. The maximum absolute atomic E-state index is 12.1. The number of benzene rings is 2. The van der Waals surface area contributed by atoms with Crippen molar-refractivity contribution in [3.63, 3.8) is 0 Å². The Labute approximate surface area is 139 Å². The van der Waals surface area contributed by atoms with Crippen molar-refractivity contribution in [1.29, 1.82) is 0 Å². The Morgan fingerprint density at radius 3 is 2.36 bits per heavy atom. The molecular weight excluding hydrogens is 364 g/mol. The van der Waals surface area contributed by atoms with Crippen molar-refractivity contribution in [2.24, 2.45) is 0 Å². The van der Waals surface area contributed by atoms with E-state index < -0.39 is 0 Å². The molecule has 3 rings (SSSR count). The Bertz CT molecular complexity index is 827. The minimum Gasteiger partial charge on any atom is -0.267 e. The predicted molar refractivity (Wildman–Crippen MR) is 90.9 cm³/mol. The summed E-state index contributed by atoms with van der Waals surface area (Å²) in [4.78, 5) is 24.7. The summed E-state index contributed by atoms with van der Waals surface area (Å²) in [5.41, 5.74) is 5.31. The van der Waals surface area contributed by atoms with Gasteiger partial charge in [-0.3, -0.25) is 20.4 Å². The van der Waals surface area contributed by atoms with Crippen LogP contribution in [0.25, 0.3) is 10.1 Å². The fraction of sp³-hybridized carbons (Fsp3) is 0. The highest BCUT2D eigenvalue weighted by Crippen LogP contribution is 2.24. The van der Waals surface area contributed by atoms with Gasteiger partial charge in [-0.25, -0.2) is 0 Å². The van der Waals surface area contributed by atoms with Gasteiger partial charge in [0.05, 0.1) is 10.4 Å². The molecule has 0 unspecified atom stereocenters. The van der Waals surface area contributed by atoms with E-state index in [0.717, 1.165) is 10.1 Å². The summed E-state index contributed by atoms with van der Waals surface area (Å²) in [7, 11) is 0. The zero-order chi connectivity index (χ0) is 15.5. The molecule has 2 N–H and O–H groups in total. The standard InChI is InChI=1S/C16H11BrN2O2S/c17-12-7-3-2-6-11(12)15(20)18-19-16(21)14-9-10-5-1-4-8-13(10)22-14/h1-9H,(H,18,20)(H,19,21). The van der Waals surface area contributed by atoms with Crippen molar-refractivity contribution in [2.45, 2.75) is 0 Å². The fourth-order valence-corrected chi connectivity index (χ4v) is 3.40. The van der Waals surface area contributed by atoms with E-state index in [2.05, 4.69) is 26.8 Å². The number of halogens is 1. The monoisotopic (exact) mass is 374 g/mol. The highest BCUT2D eigenvalue weighted by Gasteiger charge is 2.13. The highest BCUT2D eigenvalue weighted by molar-refractivity contribution is 9.10. The summed E-state index contributed by atoms with van der Waals surface area (Å²) in [6.07, 6.45) is 0. The lowest BCUT2D eigenvalue weighted by Gasteiger charge is -2.07. The molecule has 0 aliphatic carbocycles. The first kappa shape index (κ1) is 14.7. The van der Waals surface area contributed by atoms with Gasteiger partial charge in [0.2, 0.25) is 0 Å². The van der Waals surface area contributed by atoms with E-state index in [1.807, 2.05) is 30.3 Å². The van der Waals surface area contributed by atoms with Crippen LogP contribution in [-0.2, 0) is 0 Å². The number of carbonyl (C=O) groups excluding carboxylic acids is 2. The molecule has 6 heteroatoms. The van der Waals surface area contributed by atoms with Gasteiger partial charge in [0.1, 0.15) is 0 Å². The summed E-state index contributed by atoms with van der Waals surface area (Å²) in [6.45, 7) is 0. The van der Waals surface area contributed by atoms with Crippen LogP contribution in [0.2, 0.25) is 0 Å². The topological polar surface area (TPSA) is 58.2 Å². The fourth-order valence-electron chi connectivity index (χ4n) is 1.98. The number of amides is 2. The molecule has 0 aliphatic rings. The van der Waals surface area contributed by atoms with Crippen LogP contribution in [0, 0.1) is 0 Å². The molecule has 2 amide bonds. The zero-order valence-corrected chi connectivity index (χ0v) is 13.7. The van der Waals surface area contributed by atoms with Gasteiger partial charge in [-0.05, 0) is 45.6 Å². The van der Waals surface area contributed by atoms with Gasteiger partial charge in [-0.15, -0.1) is 11.3 Å². The number of rotatable bonds is 2. The first-order valence-electron chi connectivity index (χ1n) is 6.49. The van der Waals surface area contributed by atoms with Gasteiger partial charge in [0.25, 0.3) is 11.8 Å². The summed E-state index contributed by atoms with van der Waals surface area (Å²) in [6, 6.07) is 16.6. The second-order valence-corrected chi connectivity index (χ2v) is 6.47. The van der Waals surface area contributed by atoms with Crippen molar-refractivity contribution in [3.05, 3.63) is 69.5 Å². The van der Waals surface area contributed by atoms with Crippen LogP contribution in [0.4, 0.5) is 0 Å². The van der Waals surface area contributed by atoms with E-state index >= 15 is 0 Å². The van der Waals surface area contributed by atoms with Gasteiger partial charge in [0, 0.05) is 9.17 Å². The van der Waals surface area contributed by atoms with Crippen LogP contribution >= 0.6 is 27.3 Å². The van der Waals surface area contributed by atoms with Crippen molar-refractivity contribution in [1.82, 2.24) is 10.9 Å². The zero-order valence-electron chi connectivity index (χ0n) is 11.3. The Hall–Kier alpha value is -2.18. The molecule has 0 fully saturated rings. The van der Waals surface area contributed by atoms with E-state index in [1.54, 1.807) is 24.3 Å². The summed E-state index contributed by atoms with van der Waals surface area (Å²) in [5, 5.41) is 1.01. The molecule has 0 saturated heterocycles. The molecule has 0 saturated carbocycles. The third-order valence-electron chi connectivity index (χ3n) is 3.06. The molecule has 4 nitrogen and oxygen atoms in total. The van der Waals surface area contributed by atoms with Gasteiger partial charge in [0.15, 0.2) is 0 Å². The number of hydrogen-bond acceptors (Lipinski definition) is 3. The molecule has 3 aromatic rings. The Morgan fingerprint density at radius 1 is 0.909 bits per heavy atom. The molecule has 2 aromatic carbocycles. The SMILES string of the molecule is O=C(NNC(=O)c1ccccc1Br)c1cc2ccccc2s1. The van der Waals surface area contributed by atoms with Crippen molar-refractivity contribution >= 4 is 49.2 Å². The van der Waals surface area contributed by atoms with Gasteiger partial charge < -0.3 is 0 Å². The molecule has 0 aliphatic heterocycles. The van der Waals surface area contributed by atoms with Gasteiger partial charge in [-0.2, -0.15) is 0 Å². The van der Waals surface area contributed by atoms with Crippen molar-refractivity contribution in [3.8, 4) is 0 Å². The predicted octanol–water partition coefficient (Wildman–Crippen LogP) is 3.74. The maximum atomic E-state index is 12.1. The highest BCUT2D eigenvalue weighted by atomic mass is 79.9. The molecular formula is C16H11BrN2O2S. The molecule has 110 valence electrons. The number of thiophene rings is 1. The average molecular weight is 375 g/mol. The van der Waals surface area contributed by atoms with Crippen molar-refractivity contribution in [2.75, 3.05) is 0 Å². The smallest absolute Gasteiger partial charge is 0.267 e. The normalized spacial score (nSPS) is 10.4. The first-order chi connectivity index (χ1) is 10.6. The van der Waals surface area contributed by atoms with Crippen LogP contribution in [-0.4, -0.2) is 11.8 Å². The van der Waals surface area contributed by atoms with Crippen LogP contribution in [0.15, 0.2) is 59.1 Å². The quantitative estimate of drug-likeness (QED) is 0.671. The largest absolute Gasteiger partial charge is 0.279 e. The number of hydrogen-bond donors (Lipinski definition) is 2. The van der Waals surface area contributed by atoms with Gasteiger partial charge in [-0.1, -0.05) is 30.3 Å². The number of carbonyl (C=O) groups is 2. The Morgan fingerprint density at radius 2 is 1.59 bits per heavy atom. The summed E-state index contributed by atoms with van der Waals surface area (Å²) < 4.78 is 1.70. The minimum absolute atomic E-state index is 0.332. The van der Waals surface area contributed by atoms with E-state index in [1.165, 1.54) is 11.3 Å². The third-order valence-corrected chi connectivity index (χ3v) is 4.86. The molecule has 0 atom stereocenters. The first-order valence-corrected chi connectivity index (χ1v) is 8.10. The Balaban J connectivity index is 1.69. The van der Waals surface area contributed by atoms with Crippen molar-refractivity contribution < 1.29 is 9.59 Å². The maximum Gasteiger partial charge on any atom is 0.279 e. The minimum atomic E-state index is -0.373. The molecule has 1 aromatic heterocycles. The number of fused-ring (bicyclic) bond motifs is 1. The number of hydrazine groups is 1. The van der Waals surface area contributed by atoms with Gasteiger partial charge >= 0.3 is 0 Å².